The van der Waals surface area contributed by atoms with E-state index < -0.39 is 0 Å². The summed E-state index contributed by atoms with van der Waals surface area (Å²) in [5.41, 5.74) is 3.70. The third-order valence-electron chi connectivity index (χ3n) is 5.99. The number of rotatable bonds is 6. The zero-order valence-electron chi connectivity index (χ0n) is 17.8. The van der Waals surface area contributed by atoms with E-state index in [9.17, 15) is 0 Å². The lowest BCUT2D eigenvalue weighted by atomic mass is 9.68. The largest absolute Gasteiger partial charge is 0.493 e. The van der Waals surface area contributed by atoms with Crippen LogP contribution in [0.4, 0.5) is 0 Å². The predicted octanol–water partition coefficient (Wildman–Crippen LogP) is 4.69. The minimum absolute atomic E-state index is 0.187. The second-order valence-corrected chi connectivity index (χ2v) is 7.38. The molecule has 1 aliphatic rings. The molecule has 5 nitrogen and oxygen atoms in total. The Kier molecular flexibility index (Phi) is 5.92. The standard InChI is InChI=1S/C23H30O5/c1-13-8-15-9-18(24-3)19(25-4)12-17(15)22(14(13)2)16-10-20(26-5)23(28-7)21(11-16)27-6/h9-14,22H,8H2,1-7H3/t13-,14+,22+/m0/s1. The van der Waals surface area contributed by atoms with Crippen LogP contribution in [0.3, 0.4) is 0 Å². The van der Waals surface area contributed by atoms with Crippen LogP contribution in [0.25, 0.3) is 0 Å². The van der Waals surface area contributed by atoms with Gasteiger partial charge in [-0.25, -0.2) is 0 Å². The summed E-state index contributed by atoms with van der Waals surface area (Å²) in [6.45, 7) is 4.60. The molecule has 5 heteroatoms. The Morgan fingerprint density at radius 2 is 1.21 bits per heavy atom. The first kappa shape index (κ1) is 20.2. The number of hydrogen-bond acceptors (Lipinski definition) is 5. The zero-order valence-corrected chi connectivity index (χ0v) is 17.8. The number of ether oxygens (including phenoxy) is 5. The van der Waals surface area contributed by atoms with Gasteiger partial charge in [0, 0.05) is 5.92 Å². The van der Waals surface area contributed by atoms with Crippen LogP contribution < -0.4 is 23.7 Å². The highest BCUT2D eigenvalue weighted by molar-refractivity contribution is 5.58. The Bertz CT molecular complexity index is 820. The lowest BCUT2D eigenvalue weighted by Gasteiger charge is -2.37. The van der Waals surface area contributed by atoms with Crippen molar-refractivity contribution in [2.75, 3.05) is 35.5 Å². The summed E-state index contributed by atoms with van der Waals surface area (Å²) >= 11 is 0. The third-order valence-corrected chi connectivity index (χ3v) is 5.99. The van der Waals surface area contributed by atoms with Gasteiger partial charge in [-0.3, -0.25) is 0 Å². The summed E-state index contributed by atoms with van der Waals surface area (Å²) in [5.74, 6) is 4.62. The van der Waals surface area contributed by atoms with Crippen LogP contribution in [0.1, 0.15) is 36.5 Å². The van der Waals surface area contributed by atoms with Gasteiger partial charge in [0.05, 0.1) is 35.5 Å². The summed E-state index contributed by atoms with van der Waals surface area (Å²) in [7, 11) is 8.27. The molecule has 2 aromatic carbocycles. The van der Waals surface area contributed by atoms with Gasteiger partial charge in [-0.2, -0.15) is 0 Å². The van der Waals surface area contributed by atoms with Gasteiger partial charge in [0.15, 0.2) is 23.0 Å². The Morgan fingerprint density at radius 3 is 1.71 bits per heavy atom. The molecule has 0 saturated carbocycles. The van der Waals surface area contributed by atoms with E-state index in [4.69, 9.17) is 23.7 Å². The van der Waals surface area contributed by atoms with Gasteiger partial charge in [-0.05, 0) is 59.2 Å². The summed E-state index contributed by atoms with van der Waals surface area (Å²) in [6, 6.07) is 8.34. The van der Waals surface area contributed by atoms with Crippen molar-refractivity contribution in [2.45, 2.75) is 26.2 Å². The molecule has 0 aliphatic heterocycles. The van der Waals surface area contributed by atoms with E-state index in [0.29, 0.717) is 29.1 Å². The fraction of sp³-hybridized carbons (Fsp3) is 0.478. The molecule has 0 N–H and O–H groups in total. The first-order chi connectivity index (χ1) is 13.5. The molecule has 152 valence electrons. The van der Waals surface area contributed by atoms with Crippen molar-refractivity contribution in [3.05, 3.63) is 41.0 Å². The Balaban J connectivity index is 2.22. The monoisotopic (exact) mass is 386 g/mol. The first-order valence-corrected chi connectivity index (χ1v) is 9.53. The number of hydrogen-bond donors (Lipinski definition) is 0. The molecule has 0 heterocycles. The van der Waals surface area contributed by atoms with E-state index in [1.54, 1.807) is 35.5 Å². The Hall–Kier alpha value is -2.56. The zero-order chi connectivity index (χ0) is 20.4. The molecule has 0 saturated heterocycles. The van der Waals surface area contributed by atoms with E-state index in [2.05, 4.69) is 38.1 Å². The molecule has 0 fully saturated rings. The molecule has 0 unspecified atom stereocenters. The van der Waals surface area contributed by atoms with Crippen LogP contribution in [-0.4, -0.2) is 35.5 Å². The normalized spacial score (nSPS) is 20.9. The number of methoxy groups -OCH3 is 5. The van der Waals surface area contributed by atoms with Crippen LogP contribution in [0.15, 0.2) is 24.3 Å². The van der Waals surface area contributed by atoms with Crippen LogP contribution in [0, 0.1) is 11.8 Å². The third kappa shape index (κ3) is 3.34. The molecular formula is C23H30O5. The molecule has 0 spiro atoms. The summed E-state index contributed by atoms with van der Waals surface area (Å²) in [4.78, 5) is 0. The van der Waals surface area contributed by atoms with Crippen molar-refractivity contribution >= 4 is 0 Å². The second kappa shape index (κ2) is 8.21. The van der Waals surface area contributed by atoms with E-state index in [1.165, 1.54) is 11.1 Å². The molecule has 0 bridgehead atoms. The smallest absolute Gasteiger partial charge is 0.203 e. The molecule has 0 radical (unpaired) electrons. The molecule has 1 aliphatic carbocycles. The van der Waals surface area contributed by atoms with E-state index in [1.807, 2.05) is 0 Å². The summed E-state index contributed by atoms with van der Waals surface area (Å²) < 4.78 is 27.8. The topological polar surface area (TPSA) is 46.2 Å². The molecule has 0 amide bonds. The fourth-order valence-corrected chi connectivity index (χ4v) is 4.31. The maximum absolute atomic E-state index is 5.59. The number of benzene rings is 2. The summed E-state index contributed by atoms with van der Waals surface area (Å²) in [5, 5.41) is 0. The van der Waals surface area contributed by atoms with Crippen LogP contribution in [-0.2, 0) is 6.42 Å². The van der Waals surface area contributed by atoms with Crippen LogP contribution >= 0.6 is 0 Å². The van der Waals surface area contributed by atoms with Crippen molar-refractivity contribution in [2.24, 2.45) is 11.8 Å². The quantitative estimate of drug-likeness (QED) is 0.721. The fourth-order valence-electron chi connectivity index (χ4n) is 4.31. The van der Waals surface area contributed by atoms with Crippen molar-refractivity contribution in [3.8, 4) is 28.7 Å². The Labute approximate surface area is 167 Å². The lowest BCUT2D eigenvalue weighted by Crippen LogP contribution is -2.27. The molecular weight excluding hydrogens is 356 g/mol. The van der Waals surface area contributed by atoms with Gasteiger partial charge in [0.1, 0.15) is 0 Å². The van der Waals surface area contributed by atoms with Crippen LogP contribution in [0.5, 0.6) is 28.7 Å². The maximum atomic E-state index is 5.59. The van der Waals surface area contributed by atoms with E-state index in [0.717, 1.165) is 23.5 Å². The SMILES string of the molecule is COc1cc2c(cc1OC)[C@@H](c1cc(OC)c(OC)c(OC)c1)[C@H](C)[C@@H](C)C2. The first-order valence-electron chi connectivity index (χ1n) is 9.53. The van der Waals surface area contributed by atoms with Gasteiger partial charge in [0.2, 0.25) is 5.75 Å². The number of fused-ring (bicyclic) bond motifs is 1. The molecule has 2 aromatic rings. The van der Waals surface area contributed by atoms with Gasteiger partial charge >= 0.3 is 0 Å². The van der Waals surface area contributed by atoms with Gasteiger partial charge in [0.25, 0.3) is 0 Å². The highest BCUT2D eigenvalue weighted by Gasteiger charge is 2.35. The molecule has 3 atom stereocenters. The second-order valence-electron chi connectivity index (χ2n) is 7.38. The van der Waals surface area contributed by atoms with Crippen molar-refractivity contribution in [3.63, 3.8) is 0 Å². The van der Waals surface area contributed by atoms with Gasteiger partial charge in [-0.15, -0.1) is 0 Å². The summed E-state index contributed by atoms with van der Waals surface area (Å²) in [6.07, 6.45) is 1.01. The molecule has 0 aromatic heterocycles. The minimum atomic E-state index is 0.187. The predicted molar refractivity (Wildman–Crippen MR) is 110 cm³/mol. The molecule has 3 rings (SSSR count). The van der Waals surface area contributed by atoms with E-state index >= 15 is 0 Å². The van der Waals surface area contributed by atoms with Crippen LogP contribution in [0.2, 0.25) is 0 Å². The minimum Gasteiger partial charge on any atom is -0.493 e. The van der Waals surface area contributed by atoms with Crippen molar-refractivity contribution < 1.29 is 23.7 Å². The average Bonchev–Trinajstić information content (AvgIpc) is 2.72. The average molecular weight is 386 g/mol. The van der Waals surface area contributed by atoms with Crippen molar-refractivity contribution in [1.29, 1.82) is 0 Å². The highest BCUT2D eigenvalue weighted by Crippen LogP contribution is 2.49. The lowest BCUT2D eigenvalue weighted by molar-refractivity contribution is 0.310. The Morgan fingerprint density at radius 1 is 0.679 bits per heavy atom. The molecule has 28 heavy (non-hydrogen) atoms. The van der Waals surface area contributed by atoms with Gasteiger partial charge in [-0.1, -0.05) is 13.8 Å². The maximum Gasteiger partial charge on any atom is 0.203 e. The van der Waals surface area contributed by atoms with Crippen molar-refractivity contribution in [1.82, 2.24) is 0 Å². The highest BCUT2D eigenvalue weighted by atomic mass is 16.5. The van der Waals surface area contributed by atoms with E-state index in [-0.39, 0.29) is 5.92 Å². The van der Waals surface area contributed by atoms with Gasteiger partial charge < -0.3 is 23.7 Å².